The molecule has 2 N–H and O–H groups in total. The number of alkyl halides is 3. The van der Waals surface area contributed by atoms with Gasteiger partial charge in [0.15, 0.2) is 3.77 Å². The fraction of sp³-hybridized carbons (Fsp3) is 0.143. The fourth-order valence-corrected chi connectivity index (χ4v) is 2.03. The van der Waals surface area contributed by atoms with Crippen LogP contribution in [0.15, 0.2) is 45.9 Å². The van der Waals surface area contributed by atoms with Gasteiger partial charge < -0.3 is 9.73 Å². The van der Waals surface area contributed by atoms with Gasteiger partial charge in [-0.15, -0.1) is 0 Å². The van der Waals surface area contributed by atoms with Crippen molar-refractivity contribution in [1.29, 1.82) is 0 Å². The highest BCUT2D eigenvalue weighted by atomic mass is 127. The quantitative estimate of drug-likeness (QED) is 0.428. The predicted octanol–water partition coefficient (Wildman–Crippen LogP) is 3.47. The van der Waals surface area contributed by atoms with E-state index in [9.17, 15) is 18.0 Å². The van der Waals surface area contributed by atoms with Gasteiger partial charge in [0, 0.05) is 5.69 Å². The molecule has 0 atom stereocenters. The van der Waals surface area contributed by atoms with Crippen LogP contribution < -0.4 is 10.7 Å². The van der Waals surface area contributed by atoms with Gasteiger partial charge in [0.05, 0.1) is 18.3 Å². The van der Waals surface area contributed by atoms with Gasteiger partial charge in [-0.3, -0.25) is 4.79 Å². The lowest BCUT2D eigenvalue weighted by molar-refractivity contribution is -0.137. The van der Waals surface area contributed by atoms with E-state index in [1.165, 1.54) is 18.3 Å². The zero-order chi connectivity index (χ0) is 16.9. The highest BCUT2D eigenvalue weighted by Gasteiger charge is 2.30. The van der Waals surface area contributed by atoms with Crippen molar-refractivity contribution in [2.45, 2.75) is 6.18 Å². The Morgan fingerprint density at radius 2 is 2.09 bits per heavy atom. The molecule has 0 fully saturated rings. The molecule has 0 aliphatic heterocycles. The molecule has 1 heterocycles. The smallest absolute Gasteiger partial charge is 0.416 e. The van der Waals surface area contributed by atoms with Crippen LogP contribution in [-0.2, 0) is 11.0 Å². The molecule has 0 bridgehead atoms. The summed E-state index contributed by atoms with van der Waals surface area (Å²) in [6.07, 6.45) is -3.10. The van der Waals surface area contributed by atoms with Crippen molar-refractivity contribution in [3.8, 4) is 0 Å². The molecule has 1 amide bonds. The van der Waals surface area contributed by atoms with Gasteiger partial charge in [-0.05, 0) is 52.9 Å². The normalized spacial score (nSPS) is 11.7. The standard InChI is InChI=1S/C14H11F3IN3O2/c15-14(16,17)9-2-1-3-10(6-9)19-8-13(22)21-20-7-11-4-5-12(18)23-11/h1-7,19H,8H2,(H,21,22)/b20-7-. The van der Waals surface area contributed by atoms with E-state index in [4.69, 9.17) is 4.42 Å². The van der Waals surface area contributed by atoms with Crippen LogP contribution in [-0.4, -0.2) is 18.7 Å². The summed E-state index contributed by atoms with van der Waals surface area (Å²) in [7, 11) is 0. The third-order valence-electron chi connectivity index (χ3n) is 2.62. The van der Waals surface area contributed by atoms with Gasteiger partial charge in [0.2, 0.25) is 0 Å². The monoisotopic (exact) mass is 437 g/mol. The molecule has 0 radical (unpaired) electrons. The number of benzene rings is 1. The number of nitrogens with zero attached hydrogens (tertiary/aromatic N) is 1. The molecule has 1 aromatic heterocycles. The van der Waals surface area contributed by atoms with Crippen LogP contribution in [0.2, 0.25) is 0 Å². The number of furan rings is 1. The molecule has 0 saturated heterocycles. The van der Waals surface area contributed by atoms with E-state index in [-0.39, 0.29) is 12.2 Å². The number of carbonyl (C=O) groups excluding carboxylic acids is 1. The molecular formula is C14H11F3IN3O2. The number of rotatable bonds is 5. The lowest BCUT2D eigenvalue weighted by Crippen LogP contribution is -2.26. The van der Waals surface area contributed by atoms with Crippen molar-refractivity contribution >= 4 is 40.4 Å². The van der Waals surface area contributed by atoms with Crippen LogP contribution in [0, 0.1) is 3.77 Å². The SMILES string of the molecule is O=C(CNc1cccc(C(F)(F)F)c1)N/N=C\c1ccc(I)o1. The van der Waals surface area contributed by atoms with Crippen LogP contribution in [0.1, 0.15) is 11.3 Å². The number of hydrazone groups is 1. The van der Waals surface area contributed by atoms with Gasteiger partial charge in [-0.1, -0.05) is 6.07 Å². The van der Waals surface area contributed by atoms with E-state index >= 15 is 0 Å². The second kappa shape index (κ2) is 7.49. The Bertz CT molecular complexity index is 713. The average Bonchev–Trinajstić information content (AvgIpc) is 2.90. The topological polar surface area (TPSA) is 66.6 Å². The maximum atomic E-state index is 12.6. The minimum absolute atomic E-state index is 0.194. The Hall–Kier alpha value is -2.04. The van der Waals surface area contributed by atoms with Gasteiger partial charge >= 0.3 is 6.18 Å². The summed E-state index contributed by atoms with van der Waals surface area (Å²) in [5.74, 6) is -0.0274. The van der Waals surface area contributed by atoms with Crippen molar-refractivity contribution in [3.63, 3.8) is 0 Å². The van der Waals surface area contributed by atoms with Crippen LogP contribution in [0.25, 0.3) is 0 Å². The van der Waals surface area contributed by atoms with Crippen molar-refractivity contribution in [3.05, 3.63) is 51.5 Å². The number of carbonyl (C=O) groups is 1. The molecule has 1 aromatic carbocycles. The summed E-state index contributed by atoms with van der Waals surface area (Å²) in [6, 6.07) is 8.01. The van der Waals surface area contributed by atoms with Crippen molar-refractivity contribution in [2.75, 3.05) is 11.9 Å². The first-order valence-electron chi connectivity index (χ1n) is 6.33. The zero-order valence-corrected chi connectivity index (χ0v) is 13.7. The second-order valence-electron chi connectivity index (χ2n) is 4.37. The summed E-state index contributed by atoms with van der Waals surface area (Å²) in [4.78, 5) is 11.6. The van der Waals surface area contributed by atoms with Crippen molar-refractivity contribution in [1.82, 2.24) is 5.43 Å². The summed E-state index contributed by atoms with van der Waals surface area (Å²) in [6.45, 7) is -0.214. The largest absolute Gasteiger partial charge is 0.449 e. The van der Waals surface area contributed by atoms with E-state index in [1.807, 2.05) is 22.6 Å². The molecule has 23 heavy (non-hydrogen) atoms. The van der Waals surface area contributed by atoms with Crippen LogP contribution in [0.3, 0.4) is 0 Å². The third kappa shape index (κ3) is 5.58. The van der Waals surface area contributed by atoms with Crippen LogP contribution in [0.4, 0.5) is 18.9 Å². The first-order valence-corrected chi connectivity index (χ1v) is 7.41. The summed E-state index contributed by atoms with van der Waals surface area (Å²) >= 11 is 1.99. The summed E-state index contributed by atoms with van der Waals surface area (Å²) < 4.78 is 43.6. The fourth-order valence-electron chi connectivity index (χ4n) is 1.59. The average molecular weight is 437 g/mol. The molecule has 0 saturated carbocycles. The van der Waals surface area contributed by atoms with Gasteiger partial charge in [-0.25, -0.2) is 5.43 Å². The lowest BCUT2D eigenvalue weighted by atomic mass is 10.2. The molecule has 9 heteroatoms. The van der Waals surface area contributed by atoms with Gasteiger partial charge in [-0.2, -0.15) is 18.3 Å². The van der Waals surface area contributed by atoms with Gasteiger partial charge in [0.1, 0.15) is 5.76 Å². The Labute approximate surface area is 143 Å². The first-order chi connectivity index (χ1) is 10.8. The molecule has 5 nitrogen and oxygen atoms in total. The third-order valence-corrected chi connectivity index (χ3v) is 3.20. The maximum Gasteiger partial charge on any atom is 0.416 e. The van der Waals surface area contributed by atoms with Crippen molar-refractivity contribution < 1.29 is 22.4 Å². The Morgan fingerprint density at radius 1 is 1.30 bits per heavy atom. The molecular weight excluding hydrogens is 426 g/mol. The zero-order valence-electron chi connectivity index (χ0n) is 11.5. The number of anilines is 1. The number of halogens is 4. The van der Waals surface area contributed by atoms with E-state index in [1.54, 1.807) is 12.1 Å². The molecule has 2 rings (SSSR count). The highest BCUT2D eigenvalue weighted by molar-refractivity contribution is 14.1. The number of hydrogen-bond donors (Lipinski definition) is 2. The molecule has 2 aromatic rings. The molecule has 0 spiro atoms. The number of amides is 1. The lowest BCUT2D eigenvalue weighted by Gasteiger charge is -2.09. The van der Waals surface area contributed by atoms with Crippen molar-refractivity contribution in [2.24, 2.45) is 5.10 Å². The second-order valence-corrected chi connectivity index (χ2v) is 5.43. The Morgan fingerprint density at radius 3 is 2.74 bits per heavy atom. The molecule has 122 valence electrons. The molecule has 0 aliphatic rings. The summed E-state index contributed by atoms with van der Waals surface area (Å²) in [5.41, 5.74) is 1.65. The maximum absolute atomic E-state index is 12.6. The number of nitrogens with one attached hydrogen (secondary N) is 2. The summed E-state index contributed by atoms with van der Waals surface area (Å²) in [5, 5.41) is 6.28. The Balaban J connectivity index is 1.83. The first kappa shape index (κ1) is 17.3. The minimum Gasteiger partial charge on any atom is -0.449 e. The van der Waals surface area contributed by atoms with Crippen LogP contribution >= 0.6 is 22.6 Å². The molecule has 0 aliphatic carbocycles. The molecule has 0 unspecified atom stereocenters. The minimum atomic E-state index is -4.43. The van der Waals surface area contributed by atoms with E-state index < -0.39 is 17.6 Å². The van der Waals surface area contributed by atoms with E-state index in [0.29, 0.717) is 9.53 Å². The van der Waals surface area contributed by atoms with E-state index in [2.05, 4.69) is 15.8 Å². The van der Waals surface area contributed by atoms with Crippen LogP contribution in [0.5, 0.6) is 0 Å². The van der Waals surface area contributed by atoms with E-state index in [0.717, 1.165) is 12.1 Å². The van der Waals surface area contributed by atoms with Gasteiger partial charge in [0.25, 0.3) is 5.91 Å². The predicted molar refractivity (Wildman–Crippen MR) is 87.1 cm³/mol. The highest BCUT2D eigenvalue weighted by Crippen LogP contribution is 2.30. The Kier molecular flexibility index (Phi) is 5.64. The number of hydrogen-bond acceptors (Lipinski definition) is 4.